The Morgan fingerprint density at radius 2 is 1.71 bits per heavy atom. The Morgan fingerprint density at radius 1 is 1.08 bits per heavy atom. The predicted molar refractivity (Wildman–Crippen MR) is 126 cm³/mol. The summed E-state index contributed by atoms with van der Waals surface area (Å²) in [6, 6.07) is 10.5. The zero-order valence-electron chi connectivity index (χ0n) is 20.4. The summed E-state index contributed by atoms with van der Waals surface area (Å²) in [6.45, 7) is 1.71. The molecule has 2 aliphatic heterocycles. The van der Waals surface area contributed by atoms with Crippen LogP contribution in [-0.4, -0.2) is 42.5 Å². The highest BCUT2D eigenvalue weighted by molar-refractivity contribution is 5.88. The van der Waals surface area contributed by atoms with Gasteiger partial charge in [-0.25, -0.2) is 0 Å². The molecule has 2 aromatic carbocycles. The maximum absolute atomic E-state index is 13.4. The Morgan fingerprint density at radius 3 is 2.18 bits per heavy atom. The number of carbonyl (C=O) groups excluding carboxylic acids is 1. The second-order valence-corrected chi connectivity index (χ2v) is 9.52. The average molecular weight is 544 g/mol. The summed E-state index contributed by atoms with van der Waals surface area (Å²) in [5.41, 5.74) is 4.31. The fourth-order valence-corrected chi connectivity index (χ4v) is 4.83. The molecule has 0 aliphatic carbocycles. The first-order chi connectivity index (χ1) is 17.8. The van der Waals surface area contributed by atoms with Gasteiger partial charge in [0.15, 0.2) is 0 Å². The Balaban J connectivity index is 1.61. The number of amides is 1. The lowest BCUT2D eigenvalue weighted by atomic mass is 9.75. The summed E-state index contributed by atoms with van der Waals surface area (Å²) in [5, 5.41) is 7.29. The van der Waals surface area contributed by atoms with Gasteiger partial charge in [0.05, 0.1) is 29.4 Å². The minimum Gasteiger partial charge on any atom is -0.372 e. The number of alkyl halides is 6. The van der Waals surface area contributed by atoms with Gasteiger partial charge in [-0.3, -0.25) is 10.2 Å². The average Bonchev–Trinajstić information content (AvgIpc) is 3.42. The summed E-state index contributed by atoms with van der Waals surface area (Å²) in [4.78, 5) is 14.2. The van der Waals surface area contributed by atoms with E-state index in [9.17, 15) is 31.1 Å². The normalized spacial score (nSPS) is 24.8. The first-order valence-corrected chi connectivity index (χ1v) is 11.8. The van der Waals surface area contributed by atoms with Crippen LogP contribution in [0, 0.1) is 0 Å². The fourth-order valence-electron chi connectivity index (χ4n) is 4.83. The number of hydrazone groups is 1. The van der Waals surface area contributed by atoms with E-state index in [-0.39, 0.29) is 31.5 Å². The third-order valence-electron chi connectivity index (χ3n) is 7.21. The van der Waals surface area contributed by atoms with Crippen LogP contribution in [0.15, 0.2) is 53.6 Å². The van der Waals surface area contributed by atoms with Gasteiger partial charge in [-0.2, -0.15) is 31.4 Å². The van der Waals surface area contributed by atoms with Gasteiger partial charge < -0.3 is 20.7 Å². The molecule has 1 fully saturated rings. The molecule has 2 aromatic rings. The van der Waals surface area contributed by atoms with Crippen LogP contribution in [0.25, 0.3) is 0 Å². The zero-order valence-corrected chi connectivity index (χ0v) is 20.4. The maximum atomic E-state index is 13.4. The molecule has 0 aromatic heterocycles. The Kier molecular flexibility index (Phi) is 7.36. The van der Waals surface area contributed by atoms with Gasteiger partial charge in [0.2, 0.25) is 5.91 Å². The number of ether oxygens (including phenoxy) is 1. The van der Waals surface area contributed by atoms with Crippen molar-refractivity contribution in [3.05, 3.63) is 70.8 Å². The zero-order chi connectivity index (χ0) is 27.8. The van der Waals surface area contributed by atoms with Crippen LogP contribution in [0.4, 0.5) is 26.3 Å². The van der Waals surface area contributed by atoms with Crippen molar-refractivity contribution in [1.29, 1.82) is 0 Å². The van der Waals surface area contributed by atoms with E-state index in [0.29, 0.717) is 25.0 Å². The van der Waals surface area contributed by atoms with Crippen molar-refractivity contribution in [3.8, 4) is 0 Å². The standard InChI is InChI=1S/C25H27F6N5O2/c1-16(17-9-19(24(26,27)28)11-20(10-17)25(29,30)31)38-13-22(18-5-3-2-4-6-18)7-8-23(12-33-22,21(32)37)36-14-34-35-15-36/h2-6,9-11,14,16,33,35H,7-8,12-13,15H2,1H3,(H2,32,37)/t16-,22-,23-/m1/s1. The summed E-state index contributed by atoms with van der Waals surface area (Å²) < 4.78 is 86.1. The molecule has 1 amide bonds. The lowest BCUT2D eigenvalue weighted by Crippen LogP contribution is -2.68. The van der Waals surface area contributed by atoms with Crippen molar-refractivity contribution in [2.24, 2.45) is 10.8 Å². The van der Waals surface area contributed by atoms with E-state index >= 15 is 0 Å². The third-order valence-corrected chi connectivity index (χ3v) is 7.21. The van der Waals surface area contributed by atoms with Crippen LogP contribution in [0.5, 0.6) is 0 Å². The Labute approximate surface area is 215 Å². The number of piperidine rings is 1. The van der Waals surface area contributed by atoms with Crippen LogP contribution in [-0.2, 0) is 27.4 Å². The maximum Gasteiger partial charge on any atom is 0.416 e. The first kappa shape index (κ1) is 27.7. The van der Waals surface area contributed by atoms with Gasteiger partial charge in [0, 0.05) is 6.54 Å². The number of hydrogen-bond donors (Lipinski definition) is 3. The number of rotatable bonds is 7. The van der Waals surface area contributed by atoms with E-state index in [4.69, 9.17) is 10.5 Å². The van der Waals surface area contributed by atoms with Gasteiger partial charge in [-0.1, -0.05) is 30.3 Å². The number of nitrogens with zero attached hydrogens (tertiary/aromatic N) is 2. The molecule has 2 aliphatic rings. The van der Waals surface area contributed by atoms with Gasteiger partial charge in [-0.05, 0) is 49.1 Å². The topological polar surface area (TPSA) is 92.0 Å². The van der Waals surface area contributed by atoms with Crippen LogP contribution >= 0.6 is 0 Å². The summed E-state index contributed by atoms with van der Waals surface area (Å²) in [7, 11) is 0. The molecule has 0 spiro atoms. The van der Waals surface area contributed by atoms with Gasteiger partial charge in [-0.15, -0.1) is 0 Å². The largest absolute Gasteiger partial charge is 0.416 e. The molecular formula is C25H27F6N5O2. The van der Waals surface area contributed by atoms with Crippen molar-refractivity contribution in [1.82, 2.24) is 15.6 Å². The van der Waals surface area contributed by atoms with Crippen molar-refractivity contribution in [2.45, 2.75) is 49.3 Å². The van der Waals surface area contributed by atoms with Gasteiger partial charge >= 0.3 is 12.4 Å². The number of halogens is 6. The minimum absolute atomic E-state index is 0.0864. The molecule has 0 radical (unpaired) electrons. The quantitative estimate of drug-likeness (QED) is 0.458. The monoisotopic (exact) mass is 543 g/mol. The molecule has 206 valence electrons. The Bertz CT molecular complexity index is 1140. The van der Waals surface area contributed by atoms with E-state index in [1.165, 1.54) is 13.3 Å². The second-order valence-electron chi connectivity index (χ2n) is 9.52. The molecule has 38 heavy (non-hydrogen) atoms. The highest BCUT2D eigenvalue weighted by Gasteiger charge is 2.50. The van der Waals surface area contributed by atoms with E-state index in [0.717, 1.165) is 5.56 Å². The number of nitrogens with two attached hydrogens (primary N) is 1. The number of nitrogens with one attached hydrogen (secondary N) is 2. The smallest absolute Gasteiger partial charge is 0.372 e. The first-order valence-electron chi connectivity index (χ1n) is 11.8. The summed E-state index contributed by atoms with van der Waals surface area (Å²) >= 11 is 0. The number of primary amides is 1. The lowest BCUT2D eigenvalue weighted by molar-refractivity contribution is -0.143. The molecule has 4 rings (SSSR count). The number of hydrogen-bond acceptors (Lipinski definition) is 6. The number of carbonyl (C=O) groups is 1. The van der Waals surface area contributed by atoms with Crippen LogP contribution < -0.4 is 16.5 Å². The Hall–Kier alpha value is -3.32. The van der Waals surface area contributed by atoms with Crippen LogP contribution in [0.3, 0.4) is 0 Å². The van der Waals surface area contributed by atoms with Crippen LogP contribution in [0.2, 0.25) is 0 Å². The summed E-state index contributed by atoms with van der Waals surface area (Å²) in [5.74, 6) is -0.556. The molecule has 4 N–H and O–H groups in total. The molecular weight excluding hydrogens is 516 g/mol. The van der Waals surface area contributed by atoms with Gasteiger partial charge in [0.1, 0.15) is 18.5 Å². The van der Waals surface area contributed by atoms with Crippen molar-refractivity contribution in [3.63, 3.8) is 0 Å². The lowest BCUT2D eigenvalue weighted by Gasteiger charge is -2.49. The van der Waals surface area contributed by atoms with Crippen LogP contribution in [0.1, 0.15) is 48.1 Å². The molecule has 0 bridgehead atoms. The highest BCUT2D eigenvalue weighted by atomic mass is 19.4. The number of benzene rings is 2. The second kappa shape index (κ2) is 10.1. The SMILES string of the molecule is C[C@@H](OC[C@@]1(c2ccccc2)CC[C@@](C(N)=O)(N2C=NNC2)CN1)c1cc(C(F)(F)F)cc(C(F)(F)F)c1. The molecule has 7 nitrogen and oxygen atoms in total. The van der Waals surface area contributed by atoms with E-state index < -0.39 is 46.6 Å². The minimum atomic E-state index is -4.96. The molecule has 3 atom stereocenters. The molecule has 0 saturated carbocycles. The molecule has 0 unspecified atom stereocenters. The van der Waals surface area contributed by atoms with Gasteiger partial charge in [0.25, 0.3) is 0 Å². The van der Waals surface area contributed by atoms with Crippen molar-refractivity contribution >= 4 is 12.2 Å². The molecule has 2 heterocycles. The molecule has 1 saturated heterocycles. The van der Waals surface area contributed by atoms with Crippen molar-refractivity contribution in [2.75, 3.05) is 19.8 Å². The van der Waals surface area contributed by atoms with E-state index in [2.05, 4.69) is 15.8 Å². The highest BCUT2D eigenvalue weighted by Crippen LogP contribution is 2.40. The van der Waals surface area contributed by atoms with Crippen molar-refractivity contribution < 1.29 is 35.9 Å². The molecule has 13 heteroatoms. The third kappa shape index (κ3) is 5.44. The fraction of sp³-hybridized carbons (Fsp3) is 0.440. The van der Waals surface area contributed by atoms with E-state index in [1.54, 1.807) is 17.0 Å². The van der Waals surface area contributed by atoms with E-state index in [1.807, 2.05) is 18.2 Å². The predicted octanol–water partition coefficient (Wildman–Crippen LogP) is 4.11. The summed E-state index contributed by atoms with van der Waals surface area (Å²) in [6.07, 6.45) is -8.88.